The van der Waals surface area contributed by atoms with Crippen molar-refractivity contribution < 1.29 is 9.47 Å². The molecule has 0 aliphatic heterocycles. The minimum absolute atomic E-state index is 0.0112. The highest BCUT2D eigenvalue weighted by molar-refractivity contribution is 9.10. The molecule has 0 aliphatic carbocycles. The van der Waals surface area contributed by atoms with E-state index in [-0.39, 0.29) is 17.8 Å². The predicted octanol–water partition coefficient (Wildman–Crippen LogP) is 3.84. The van der Waals surface area contributed by atoms with Crippen LogP contribution in [0.5, 0.6) is 0 Å². The standard InChI is InChI=1S/C20H18BrClN2O4/c21-18-17(12-27-10-15-6-8-16(22)9-7-15)24(20(26)23-19(18)25)13-28-11-14-4-2-1-3-5-14/h1-9H,10-13H2,(H,23,25,26). The van der Waals surface area contributed by atoms with Crippen LogP contribution in [0.4, 0.5) is 0 Å². The van der Waals surface area contributed by atoms with Crippen molar-refractivity contribution in [2.24, 2.45) is 0 Å². The van der Waals surface area contributed by atoms with Crippen molar-refractivity contribution in [1.29, 1.82) is 0 Å². The van der Waals surface area contributed by atoms with Crippen molar-refractivity contribution in [3.8, 4) is 0 Å². The third kappa shape index (κ3) is 5.42. The van der Waals surface area contributed by atoms with Gasteiger partial charge in [0.05, 0.1) is 25.5 Å². The lowest BCUT2D eigenvalue weighted by Crippen LogP contribution is -2.34. The largest absolute Gasteiger partial charge is 0.371 e. The first kappa shape index (κ1) is 20.5. The van der Waals surface area contributed by atoms with Crippen LogP contribution in [0.3, 0.4) is 0 Å². The maximum atomic E-state index is 12.3. The Bertz CT molecular complexity index is 1030. The maximum absolute atomic E-state index is 12.3. The molecular formula is C20H18BrClN2O4. The molecule has 0 fully saturated rings. The van der Waals surface area contributed by atoms with Gasteiger partial charge in [-0.15, -0.1) is 0 Å². The Kier molecular flexibility index (Phi) is 7.22. The molecule has 0 saturated heterocycles. The molecule has 3 rings (SSSR count). The lowest BCUT2D eigenvalue weighted by molar-refractivity contribution is 0.0481. The summed E-state index contributed by atoms with van der Waals surface area (Å²) in [6.07, 6.45) is 0. The molecule has 28 heavy (non-hydrogen) atoms. The second kappa shape index (κ2) is 9.84. The van der Waals surface area contributed by atoms with E-state index in [4.69, 9.17) is 21.1 Å². The highest BCUT2D eigenvalue weighted by Gasteiger charge is 2.13. The fourth-order valence-corrected chi connectivity index (χ4v) is 3.10. The van der Waals surface area contributed by atoms with Crippen LogP contribution in [0.15, 0.2) is 68.7 Å². The summed E-state index contributed by atoms with van der Waals surface area (Å²) in [5.74, 6) is 0. The van der Waals surface area contributed by atoms with Crippen molar-refractivity contribution in [1.82, 2.24) is 9.55 Å². The molecule has 146 valence electrons. The Labute approximate surface area is 174 Å². The van der Waals surface area contributed by atoms with Gasteiger partial charge in [-0.2, -0.15) is 0 Å². The summed E-state index contributed by atoms with van der Waals surface area (Å²) >= 11 is 9.12. The van der Waals surface area contributed by atoms with Crippen LogP contribution >= 0.6 is 27.5 Å². The van der Waals surface area contributed by atoms with E-state index >= 15 is 0 Å². The van der Waals surface area contributed by atoms with Gasteiger partial charge >= 0.3 is 5.69 Å². The fraction of sp³-hybridized carbons (Fsp3) is 0.200. The van der Waals surface area contributed by atoms with Crippen molar-refractivity contribution in [2.45, 2.75) is 26.6 Å². The Hall–Kier alpha value is -2.19. The highest BCUT2D eigenvalue weighted by atomic mass is 79.9. The number of nitrogens with one attached hydrogen (secondary N) is 1. The van der Waals surface area contributed by atoms with E-state index < -0.39 is 11.2 Å². The highest BCUT2D eigenvalue weighted by Crippen LogP contribution is 2.14. The minimum atomic E-state index is -0.550. The third-order valence-electron chi connectivity index (χ3n) is 4.00. The molecule has 0 saturated carbocycles. The lowest BCUT2D eigenvalue weighted by Gasteiger charge is -2.14. The van der Waals surface area contributed by atoms with Crippen LogP contribution in [0.2, 0.25) is 5.02 Å². The maximum Gasteiger partial charge on any atom is 0.330 e. The summed E-state index contributed by atoms with van der Waals surface area (Å²) in [6.45, 7) is 0.713. The van der Waals surface area contributed by atoms with Gasteiger partial charge in [0.1, 0.15) is 11.2 Å². The molecule has 0 bridgehead atoms. The molecule has 1 aromatic heterocycles. The number of nitrogens with zero attached hydrogens (tertiary/aromatic N) is 1. The number of rotatable bonds is 8. The second-order valence-corrected chi connectivity index (χ2v) is 7.26. The molecule has 0 amide bonds. The summed E-state index contributed by atoms with van der Waals surface area (Å²) in [6, 6.07) is 16.9. The van der Waals surface area contributed by atoms with Crippen LogP contribution in [-0.2, 0) is 36.0 Å². The van der Waals surface area contributed by atoms with E-state index in [2.05, 4.69) is 20.9 Å². The number of halogens is 2. The number of ether oxygens (including phenoxy) is 2. The topological polar surface area (TPSA) is 73.3 Å². The first-order valence-corrected chi connectivity index (χ1v) is 9.67. The van der Waals surface area contributed by atoms with Gasteiger partial charge in [0.25, 0.3) is 5.56 Å². The van der Waals surface area contributed by atoms with Gasteiger partial charge in [-0.1, -0.05) is 54.1 Å². The van der Waals surface area contributed by atoms with Crippen molar-refractivity contribution in [3.05, 3.63) is 102 Å². The van der Waals surface area contributed by atoms with Gasteiger partial charge in [0.15, 0.2) is 0 Å². The van der Waals surface area contributed by atoms with E-state index in [1.807, 2.05) is 42.5 Å². The Morgan fingerprint density at radius 3 is 2.25 bits per heavy atom. The van der Waals surface area contributed by atoms with Crippen LogP contribution in [-0.4, -0.2) is 9.55 Å². The summed E-state index contributed by atoms with van der Waals surface area (Å²) in [4.78, 5) is 26.5. The number of hydrogen-bond acceptors (Lipinski definition) is 4. The number of hydrogen-bond donors (Lipinski definition) is 1. The zero-order chi connectivity index (χ0) is 19.9. The van der Waals surface area contributed by atoms with Crippen LogP contribution < -0.4 is 11.2 Å². The average Bonchev–Trinajstić information content (AvgIpc) is 2.70. The molecule has 0 unspecified atom stereocenters. The Balaban J connectivity index is 1.70. The fourth-order valence-electron chi connectivity index (χ4n) is 2.54. The summed E-state index contributed by atoms with van der Waals surface area (Å²) in [5.41, 5.74) is 1.27. The molecule has 0 aliphatic rings. The molecule has 1 heterocycles. The molecule has 2 aromatic carbocycles. The average molecular weight is 466 g/mol. The molecule has 3 aromatic rings. The number of aromatic amines is 1. The molecule has 1 N–H and O–H groups in total. The first-order chi connectivity index (χ1) is 13.5. The quantitative estimate of drug-likeness (QED) is 0.548. The van der Waals surface area contributed by atoms with E-state index in [9.17, 15) is 9.59 Å². The monoisotopic (exact) mass is 464 g/mol. The number of H-pyrrole nitrogens is 1. The SMILES string of the molecule is O=c1[nH]c(=O)n(COCc2ccccc2)c(COCc2ccc(Cl)cc2)c1Br. The Morgan fingerprint density at radius 2 is 1.54 bits per heavy atom. The normalized spacial score (nSPS) is 10.9. The summed E-state index contributed by atoms with van der Waals surface area (Å²) in [7, 11) is 0. The van der Waals surface area contributed by atoms with Crippen LogP contribution in [0, 0.1) is 0 Å². The van der Waals surface area contributed by atoms with E-state index in [1.165, 1.54) is 4.57 Å². The van der Waals surface area contributed by atoms with Crippen molar-refractivity contribution in [2.75, 3.05) is 0 Å². The van der Waals surface area contributed by atoms with E-state index in [0.717, 1.165) is 11.1 Å². The van der Waals surface area contributed by atoms with Gasteiger partial charge in [0.2, 0.25) is 0 Å². The zero-order valence-electron chi connectivity index (χ0n) is 14.9. The predicted molar refractivity (Wildman–Crippen MR) is 110 cm³/mol. The summed E-state index contributed by atoms with van der Waals surface area (Å²) in [5, 5.41) is 0.644. The van der Waals surface area contributed by atoms with Gasteiger partial charge in [-0.3, -0.25) is 14.3 Å². The number of benzene rings is 2. The van der Waals surface area contributed by atoms with E-state index in [0.29, 0.717) is 23.9 Å². The van der Waals surface area contributed by atoms with Gasteiger partial charge in [0, 0.05) is 5.02 Å². The zero-order valence-corrected chi connectivity index (χ0v) is 17.2. The minimum Gasteiger partial charge on any atom is -0.371 e. The smallest absolute Gasteiger partial charge is 0.330 e. The lowest BCUT2D eigenvalue weighted by atomic mass is 10.2. The molecule has 0 spiro atoms. The molecule has 8 heteroatoms. The number of aromatic nitrogens is 2. The molecular weight excluding hydrogens is 448 g/mol. The van der Waals surface area contributed by atoms with E-state index in [1.54, 1.807) is 12.1 Å². The van der Waals surface area contributed by atoms with Gasteiger partial charge in [-0.05, 0) is 39.2 Å². The van der Waals surface area contributed by atoms with Gasteiger partial charge < -0.3 is 9.47 Å². The second-order valence-electron chi connectivity index (χ2n) is 6.03. The Morgan fingerprint density at radius 1 is 0.893 bits per heavy atom. The van der Waals surface area contributed by atoms with Crippen molar-refractivity contribution in [3.63, 3.8) is 0 Å². The molecule has 0 radical (unpaired) electrons. The van der Waals surface area contributed by atoms with Gasteiger partial charge in [-0.25, -0.2) is 4.79 Å². The third-order valence-corrected chi connectivity index (χ3v) is 5.07. The van der Waals surface area contributed by atoms with Crippen LogP contribution in [0.1, 0.15) is 16.8 Å². The molecule has 0 atom stereocenters. The first-order valence-electron chi connectivity index (χ1n) is 8.50. The summed E-state index contributed by atoms with van der Waals surface area (Å²) < 4.78 is 12.9. The molecule has 6 nitrogen and oxygen atoms in total. The van der Waals surface area contributed by atoms with Crippen molar-refractivity contribution >= 4 is 27.5 Å². The van der Waals surface area contributed by atoms with Crippen LogP contribution in [0.25, 0.3) is 0 Å².